The van der Waals surface area contributed by atoms with Crippen molar-refractivity contribution in [2.75, 3.05) is 4.90 Å². The Bertz CT molecular complexity index is 1190. The van der Waals surface area contributed by atoms with Crippen molar-refractivity contribution < 1.29 is 23.5 Å². The number of amides is 1. The van der Waals surface area contributed by atoms with Gasteiger partial charge in [0.15, 0.2) is 0 Å². The number of rotatable bonds is 4. The molecule has 30 heavy (non-hydrogen) atoms. The molecule has 1 saturated carbocycles. The van der Waals surface area contributed by atoms with E-state index in [0.29, 0.717) is 23.2 Å². The molecule has 5 rings (SSSR count). The maximum atomic E-state index is 13.7. The Morgan fingerprint density at radius 1 is 1.03 bits per heavy atom. The van der Waals surface area contributed by atoms with Gasteiger partial charge in [-0.3, -0.25) is 4.79 Å². The van der Waals surface area contributed by atoms with E-state index in [1.165, 1.54) is 30.3 Å². The minimum Gasteiger partial charge on any atom is -0.478 e. The first-order valence-corrected chi connectivity index (χ1v) is 9.60. The van der Waals surface area contributed by atoms with Crippen molar-refractivity contribution in [3.8, 4) is 0 Å². The number of carbonyl (C=O) groups is 2. The highest BCUT2D eigenvalue weighted by Crippen LogP contribution is 2.66. The van der Waals surface area contributed by atoms with Gasteiger partial charge in [0.05, 0.1) is 17.5 Å². The molecule has 1 N–H and O–H groups in total. The predicted molar refractivity (Wildman–Crippen MR) is 106 cm³/mol. The van der Waals surface area contributed by atoms with Crippen molar-refractivity contribution in [3.63, 3.8) is 0 Å². The van der Waals surface area contributed by atoms with Gasteiger partial charge in [-0.15, -0.1) is 0 Å². The molecule has 2 atom stereocenters. The van der Waals surface area contributed by atoms with Crippen LogP contribution in [0.4, 0.5) is 14.5 Å². The molecule has 3 aromatic rings. The lowest BCUT2D eigenvalue weighted by Crippen LogP contribution is -2.32. The lowest BCUT2D eigenvalue weighted by molar-refractivity contribution is -0.120. The van der Waals surface area contributed by atoms with Crippen LogP contribution in [0.15, 0.2) is 66.7 Å². The highest BCUT2D eigenvalue weighted by atomic mass is 19.1. The van der Waals surface area contributed by atoms with Gasteiger partial charge in [-0.1, -0.05) is 24.3 Å². The molecule has 0 unspecified atom stereocenters. The number of benzene rings is 3. The highest BCUT2D eigenvalue weighted by molar-refractivity contribution is 6.12. The van der Waals surface area contributed by atoms with Crippen LogP contribution >= 0.6 is 0 Å². The van der Waals surface area contributed by atoms with Gasteiger partial charge in [0, 0.05) is 11.6 Å². The molecule has 1 aliphatic heterocycles. The third kappa shape index (κ3) is 2.71. The number of carboxylic acids is 1. The van der Waals surface area contributed by atoms with Crippen LogP contribution in [0.25, 0.3) is 0 Å². The van der Waals surface area contributed by atoms with Gasteiger partial charge in [0.1, 0.15) is 11.6 Å². The van der Waals surface area contributed by atoms with Crippen molar-refractivity contribution in [2.24, 2.45) is 0 Å². The molecule has 6 heteroatoms. The molecule has 2 aliphatic rings. The van der Waals surface area contributed by atoms with E-state index in [4.69, 9.17) is 0 Å². The van der Waals surface area contributed by atoms with E-state index >= 15 is 0 Å². The molecule has 4 nitrogen and oxygen atoms in total. The summed E-state index contributed by atoms with van der Waals surface area (Å²) in [4.78, 5) is 26.7. The quantitative estimate of drug-likeness (QED) is 0.688. The van der Waals surface area contributed by atoms with Gasteiger partial charge in [-0.25, -0.2) is 13.6 Å². The molecule has 3 aromatic carbocycles. The predicted octanol–water partition coefficient (Wildman–Crippen LogP) is 4.64. The van der Waals surface area contributed by atoms with Gasteiger partial charge in [0.25, 0.3) is 0 Å². The number of hydrogen-bond acceptors (Lipinski definition) is 2. The molecule has 0 aromatic heterocycles. The zero-order chi connectivity index (χ0) is 21.0. The smallest absolute Gasteiger partial charge is 0.335 e. The van der Waals surface area contributed by atoms with Crippen molar-refractivity contribution in [1.82, 2.24) is 0 Å². The molecule has 1 spiro atoms. The number of fused-ring (bicyclic) bond motifs is 2. The van der Waals surface area contributed by atoms with E-state index in [-0.39, 0.29) is 35.6 Å². The first-order chi connectivity index (χ1) is 14.4. The van der Waals surface area contributed by atoms with Crippen molar-refractivity contribution >= 4 is 17.6 Å². The molecule has 1 amide bonds. The molecule has 1 heterocycles. The van der Waals surface area contributed by atoms with Crippen LogP contribution in [0.5, 0.6) is 0 Å². The summed E-state index contributed by atoms with van der Waals surface area (Å²) in [6, 6.07) is 16.8. The molecule has 0 bridgehead atoms. The third-order valence-electron chi connectivity index (χ3n) is 6.10. The second-order valence-electron chi connectivity index (χ2n) is 7.84. The summed E-state index contributed by atoms with van der Waals surface area (Å²) < 4.78 is 27.0. The fourth-order valence-corrected chi connectivity index (χ4v) is 4.60. The molecule has 150 valence electrons. The van der Waals surface area contributed by atoms with Crippen molar-refractivity contribution in [1.29, 1.82) is 0 Å². The first-order valence-electron chi connectivity index (χ1n) is 9.60. The summed E-state index contributed by atoms with van der Waals surface area (Å²) in [6.45, 7) is 0.188. The maximum absolute atomic E-state index is 13.7. The number of hydrogen-bond donors (Lipinski definition) is 1. The minimum atomic E-state index is -1.07. The Hall–Kier alpha value is -3.54. The molecule has 1 aliphatic carbocycles. The maximum Gasteiger partial charge on any atom is 0.335 e. The summed E-state index contributed by atoms with van der Waals surface area (Å²) >= 11 is 0. The normalized spacial score (nSPS) is 21.7. The molecule has 0 radical (unpaired) electrons. The zero-order valence-corrected chi connectivity index (χ0v) is 15.8. The average molecular weight is 405 g/mol. The molecular formula is C24H17F2NO3. The van der Waals surface area contributed by atoms with Gasteiger partial charge in [-0.05, 0) is 65.6 Å². The van der Waals surface area contributed by atoms with Crippen molar-refractivity contribution in [3.05, 3.63) is 101 Å². The monoisotopic (exact) mass is 405 g/mol. The number of nitrogens with zero attached hydrogens (tertiary/aromatic N) is 1. The number of halogens is 2. The van der Waals surface area contributed by atoms with Crippen LogP contribution in [0.1, 0.15) is 39.4 Å². The summed E-state index contributed by atoms with van der Waals surface area (Å²) in [5.41, 5.74) is 2.03. The highest BCUT2D eigenvalue weighted by Gasteiger charge is 2.67. The minimum absolute atomic E-state index is 0.110. The van der Waals surface area contributed by atoms with E-state index in [0.717, 1.165) is 5.56 Å². The summed E-state index contributed by atoms with van der Waals surface area (Å²) in [6.07, 6.45) is 0.521. The van der Waals surface area contributed by atoms with Crippen LogP contribution in [-0.2, 0) is 16.8 Å². The molecular weight excluding hydrogens is 388 g/mol. The largest absolute Gasteiger partial charge is 0.478 e. The van der Waals surface area contributed by atoms with E-state index in [2.05, 4.69) is 0 Å². The fourth-order valence-electron chi connectivity index (χ4n) is 4.60. The lowest BCUT2D eigenvalue weighted by Gasteiger charge is -2.18. The lowest BCUT2D eigenvalue weighted by atomic mass is 9.91. The van der Waals surface area contributed by atoms with E-state index in [1.807, 2.05) is 0 Å². The third-order valence-corrected chi connectivity index (χ3v) is 6.10. The SMILES string of the molecule is O=C(O)c1ccc2c(c1)[C@]1(C[C@H]1c1ccc(F)cc1)C(=O)N2Cc1cccc(F)c1. The standard InChI is InChI=1S/C24H17F2NO3/c25-17-7-4-15(5-8-17)20-12-24(20)19-11-16(22(28)29)6-9-21(19)27(23(24)30)13-14-2-1-3-18(26)10-14/h1-11,20H,12-13H2,(H,28,29)/t20-,24-/m0/s1. The Balaban J connectivity index is 1.59. The summed E-state index contributed by atoms with van der Waals surface area (Å²) in [7, 11) is 0. The van der Waals surface area contributed by atoms with Crippen LogP contribution in [0.2, 0.25) is 0 Å². The van der Waals surface area contributed by atoms with Crippen LogP contribution < -0.4 is 4.90 Å². The number of aromatic carboxylic acids is 1. The second kappa shape index (κ2) is 6.49. The van der Waals surface area contributed by atoms with Gasteiger partial charge < -0.3 is 10.0 Å². The van der Waals surface area contributed by atoms with Crippen LogP contribution in [0, 0.1) is 11.6 Å². The van der Waals surface area contributed by atoms with Gasteiger partial charge in [-0.2, -0.15) is 0 Å². The van der Waals surface area contributed by atoms with Crippen LogP contribution in [-0.4, -0.2) is 17.0 Å². The Morgan fingerprint density at radius 2 is 1.80 bits per heavy atom. The fraction of sp³-hybridized carbons (Fsp3) is 0.167. The Kier molecular flexibility index (Phi) is 4.00. The number of anilines is 1. The van der Waals surface area contributed by atoms with Gasteiger partial charge in [0.2, 0.25) is 5.91 Å². The van der Waals surface area contributed by atoms with Crippen molar-refractivity contribution in [2.45, 2.75) is 24.3 Å². The first kappa shape index (κ1) is 18.5. The van der Waals surface area contributed by atoms with E-state index < -0.39 is 11.4 Å². The zero-order valence-electron chi connectivity index (χ0n) is 15.8. The average Bonchev–Trinajstić information content (AvgIpc) is 3.44. The van der Waals surface area contributed by atoms with Crippen LogP contribution in [0.3, 0.4) is 0 Å². The van der Waals surface area contributed by atoms with E-state index in [9.17, 15) is 23.5 Å². The number of carbonyl (C=O) groups excluding carboxylic acids is 1. The topological polar surface area (TPSA) is 57.6 Å². The Labute approximate surface area is 171 Å². The van der Waals surface area contributed by atoms with Gasteiger partial charge >= 0.3 is 5.97 Å². The Morgan fingerprint density at radius 3 is 2.50 bits per heavy atom. The van der Waals surface area contributed by atoms with E-state index in [1.54, 1.807) is 41.3 Å². The molecule has 0 saturated heterocycles. The number of carboxylic acid groups (broad SMARTS) is 1. The second-order valence-corrected chi connectivity index (χ2v) is 7.84. The molecule has 1 fully saturated rings. The summed E-state index contributed by atoms with van der Waals surface area (Å²) in [5, 5.41) is 9.44. The summed E-state index contributed by atoms with van der Waals surface area (Å²) in [5.74, 6) is -2.11.